The summed E-state index contributed by atoms with van der Waals surface area (Å²) in [6.07, 6.45) is -5.55. The van der Waals surface area contributed by atoms with Gasteiger partial charge in [0.2, 0.25) is 0 Å². The Bertz CT molecular complexity index is 454. The molecule has 6 heteroatoms. The van der Waals surface area contributed by atoms with Crippen molar-refractivity contribution in [2.24, 2.45) is 11.1 Å². The summed E-state index contributed by atoms with van der Waals surface area (Å²) in [5.74, 6) is 0. The molecule has 2 nitrogen and oxygen atoms in total. The average molecular weight is 296 g/mol. The fourth-order valence-corrected chi connectivity index (χ4v) is 2.09. The SMILES string of the molecule is CC(C)(C)[C@@H](O)[C@@H](N)c1cccc(C(F)(F)F)c1Cl. The van der Waals surface area contributed by atoms with Gasteiger partial charge in [-0.05, 0) is 17.0 Å². The molecule has 0 bridgehead atoms. The van der Waals surface area contributed by atoms with Crippen LogP contribution in [0.3, 0.4) is 0 Å². The fourth-order valence-electron chi connectivity index (χ4n) is 1.73. The van der Waals surface area contributed by atoms with Crippen LogP contribution in [0.1, 0.15) is 37.9 Å². The van der Waals surface area contributed by atoms with E-state index in [0.717, 1.165) is 6.07 Å². The first-order valence-corrected chi connectivity index (χ1v) is 6.13. The highest BCUT2D eigenvalue weighted by molar-refractivity contribution is 6.32. The van der Waals surface area contributed by atoms with Crippen molar-refractivity contribution >= 4 is 11.6 Å². The van der Waals surface area contributed by atoms with Gasteiger partial charge >= 0.3 is 6.18 Å². The van der Waals surface area contributed by atoms with Crippen molar-refractivity contribution in [3.8, 4) is 0 Å². The number of benzene rings is 1. The van der Waals surface area contributed by atoms with Crippen LogP contribution in [0, 0.1) is 5.41 Å². The summed E-state index contributed by atoms with van der Waals surface area (Å²) in [5.41, 5.74) is 4.43. The highest BCUT2D eigenvalue weighted by Crippen LogP contribution is 2.39. The van der Waals surface area contributed by atoms with Gasteiger partial charge in [-0.15, -0.1) is 0 Å². The molecule has 0 aliphatic heterocycles. The zero-order valence-corrected chi connectivity index (χ0v) is 11.7. The van der Waals surface area contributed by atoms with Gasteiger partial charge in [-0.3, -0.25) is 0 Å². The molecule has 0 heterocycles. The lowest BCUT2D eigenvalue weighted by atomic mass is 9.82. The Morgan fingerprint density at radius 2 is 1.74 bits per heavy atom. The van der Waals surface area contributed by atoms with Gasteiger partial charge in [-0.2, -0.15) is 13.2 Å². The van der Waals surface area contributed by atoms with Crippen LogP contribution in [-0.2, 0) is 6.18 Å². The number of hydrogen-bond acceptors (Lipinski definition) is 2. The normalized spacial score (nSPS) is 16.3. The van der Waals surface area contributed by atoms with Crippen LogP contribution in [-0.4, -0.2) is 11.2 Å². The molecule has 108 valence electrons. The molecule has 0 radical (unpaired) electrons. The molecule has 0 spiro atoms. The molecule has 0 unspecified atom stereocenters. The third-order valence-electron chi connectivity index (χ3n) is 2.92. The predicted octanol–water partition coefficient (Wildman–Crippen LogP) is 3.77. The number of hydrogen-bond donors (Lipinski definition) is 2. The molecule has 0 saturated heterocycles. The van der Waals surface area contributed by atoms with E-state index in [1.165, 1.54) is 12.1 Å². The van der Waals surface area contributed by atoms with Crippen LogP contribution in [0.2, 0.25) is 5.02 Å². The van der Waals surface area contributed by atoms with Crippen molar-refractivity contribution in [1.29, 1.82) is 0 Å². The molecule has 0 fully saturated rings. The summed E-state index contributed by atoms with van der Waals surface area (Å²) in [6.45, 7) is 5.25. The van der Waals surface area contributed by atoms with E-state index in [-0.39, 0.29) is 5.56 Å². The summed E-state index contributed by atoms with van der Waals surface area (Å²) < 4.78 is 38.2. The van der Waals surface area contributed by atoms with Gasteiger partial charge in [-0.25, -0.2) is 0 Å². The first-order valence-electron chi connectivity index (χ1n) is 5.75. The molecule has 0 saturated carbocycles. The van der Waals surface area contributed by atoms with Gasteiger partial charge in [0.05, 0.1) is 22.7 Å². The van der Waals surface area contributed by atoms with E-state index in [9.17, 15) is 18.3 Å². The van der Waals surface area contributed by atoms with Crippen LogP contribution >= 0.6 is 11.6 Å². The van der Waals surface area contributed by atoms with Crippen molar-refractivity contribution in [3.05, 3.63) is 34.3 Å². The molecule has 1 aromatic carbocycles. The maximum Gasteiger partial charge on any atom is 0.417 e. The van der Waals surface area contributed by atoms with E-state index in [1.807, 2.05) is 0 Å². The van der Waals surface area contributed by atoms with E-state index in [0.29, 0.717) is 0 Å². The van der Waals surface area contributed by atoms with Crippen molar-refractivity contribution < 1.29 is 18.3 Å². The first kappa shape index (κ1) is 16.3. The lowest BCUT2D eigenvalue weighted by molar-refractivity contribution is -0.137. The number of alkyl halides is 3. The Morgan fingerprint density at radius 1 is 1.21 bits per heavy atom. The number of halogens is 4. The zero-order valence-electron chi connectivity index (χ0n) is 10.9. The summed E-state index contributed by atoms with van der Waals surface area (Å²) in [5, 5.41) is 9.61. The molecular formula is C13H17ClF3NO. The molecule has 0 aliphatic rings. The Morgan fingerprint density at radius 3 is 2.16 bits per heavy atom. The van der Waals surface area contributed by atoms with Crippen LogP contribution in [0.25, 0.3) is 0 Å². The maximum atomic E-state index is 12.7. The van der Waals surface area contributed by atoms with Crippen LogP contribution < -0.4 is 5.73 Å². The number of aliphatic hydroxyl groups is 1. The summed E-state index contributed by atoms with van der Waals surface area (Å²) in [6, 6.07) is 2.55. The van der Waals surface area contributed by atoms with Gasteiger partial charge in [0.1, 0.15) is 0 Å². The smallest absolute Gasteiger partial charge is 0.391 e. The summed E-state index contributed by atoms with van der Waals surface area (Å²) >= 11 is 5.77. The fraction of sp³-hybridized carbons (Fsp3) is 0.538. The third-order valence-corrected chi connectivity index (χ3v) is 3.34. The summed E-state index contributed by atoms with van der Waals surface area (Å²) in [4.78, 5) is 0. The molecule has 0 aliphatic carbocycles. The van der Waals surface area contributed by atoms with Crippen molar-refractivity contribution in [2.75, 3.05) is 0 Å². The van der Waals surface area contributed by atoms with Crippen LogP contribution in [0.4, 0.5) is 13.2 Å². The quantitative estimate of drug-likeness (QED) is 0.872. The molecule has 1 rings (SSSR count). The number of aliphatic hydroxyl groups excluding tert-OH is 1. The van der Waals surface area contributed by atoms with Crippen molar-refractivity contribution in [1.82, 2.24) is 0 Å². The molecule has 3 N–H and O–H groups in total. The van der Waals surface area contributed by atoms with Gasteiger partial charge in [0, 0.05) is 0 Å². The van der Waals surface area contributed by atoms with Gasteiger partial charge in [0.25, 0.3) is 0 Å². The lowest BCUT2D eigenvalue weighted by Crippen LogP contribution is -2.37. The number of rotatable bonds is 2. The van der Waals surface area contributed by atoms with E-state index in [2.05, 4.69) is 0 Å². The van der Waals surface area contributed by atoms with Gasteiger partial charge in [0.15, 0.2) is 0 Å². The molecule has 0 aromatic heterocycles. The molecular weight excluding hydrogens is 279 g/mol. The second-order valence-corrected chi connectivity index (χ2v) is 5.92. The third kappa shape index (κ3) is 3.61. The Kier molecular flexibility index (Phi) is 4.55. The second kappa shape index (κ2) is 5.31. The molecule has 1 aromatic rings. The van der Waals surface area contributed by atoms with E-state index < -0.39 is 34.3 Å². The zero-order chi connectivity index (χ0) is 15.0. The predicted molar refractivity (Wildman–Crippen MR) is 68.8 cm³/mol. The van der Waals surface area contributed by atoms with Crippen LogP contribution in [0.15, 0.2) is 18.2 Å². The average Bonchev–Trinajstić information content (AvgIpc) is 2.24. The first-order chi connectivity index (χ1) is 8.46. The van der Waals surface area contributed by atoms with E-state index in [4.69, 9.17) is 17.3 Å². The minimum Gasteiger partial charge on any atom is -0.391 e. The lowest BCUT2D eigenvalue weighted by Gasteiger charge is -2.31. The topological polar surface area (TPSA) is 46.2 Å². The standard InChI is InChI=1S/C13H17ClF3NO/c1-12(2,3)11(19)10(18)7-5-4-6-8(9(7)14)13(15,16)17/h4-6,10-11,19H,18H2,1-3H3/t10-,11-/m0/s1. The second-order valence-electron chi connectivity index (χ2n) is 5.54. The van der Waals surface area contributed by atoms with Gasteiger partial charge in [-0.1, -0.05) is 44.5 Å². The van der Waals surface area contributed by atoms with Crippen LogP contribution in [0.5, 0.6) is 0 Å². The highest BCUT2D eigenvalue weighted by atomic mass is 35.5. The highest BCUT2D eigenvalue weighted by Gasteiger charge is 2.36. The minimum absolute atomic E-state index is 0.0962. The molecule has 0 amide bonds. The largest absolute Gasteiger partial charge is 0.417 e. The van der Waals surface area contributed by atoms with Gasteiger partial charge < -0.3 is 10.8 Å². The van der Waals surface area contributed by atoms with Crippen molar-refractivity contribution in [3.63, 3.8) is 0 Å². The molecule has 19 heavy (non-hydrogen) atoms. The maximum absolute atomic E-state index is 12.7. The Balaban J connectivity index is 3.23. The Hall–Kier alpha value is -0.780. The van der Waals surface area contributed by atoms with E-state index >= 15 is 0 Å². The van der Waals surface area contributed by atoms with Crippen molar-refractivity contribution in [2.45, 2.75) is 39.1 Å². The monoisotopic (exact) mass is 295 g/mol. The minimum atomic E-state index is -4.54. The number of nitrogens with two attached hydrogens (primary N) is 1. The summed E-state index contributed by atoms with van der Waals surface area (Å²) in [7, 11) is 0. The molecule has 2 atom stereocenters. The van der Waals surface area contributed by atoms with E-state index in [1.54, 1.807) is 20.8 Å². The Labute approximate surface area is 115 Å².